The highest BCUT2D eigenvalue weighted by atomic mass is 19.1. The molecule has 0 N–H and O–H groups in total. The summed E-state index contributed by atoms with van der Waals surface area (Å²) < 4.78 is 12.5. The van der Waals surface area contributed by atoms with Crippen LogP contribution in [-0.2, 0) is 0 Å². The second kappa shape index (κ2) is 16.0. The normalized spacial score (nSPS) is 12.8. The van der Waals surface area contributed by atoms with Crippen molar-refractivity contribution in [3.05, 3.63) is 6.92 Å². The molecule has 0 saturated heterocycles. The van der Waals surface area contributed by atoms with Crippen molar-refractivity contribution in [3.8, 4) is 0 Å². The van der Waals surface area contributed by atoms with Gasteiger partial charge in [-0.05, 0) is 13.3 Å². The topological polar surface area (TPSA) is 0 Å². The Hall–Kier alpha value is -0.0700. The minimum atomic E-state index is -0.603. The molecule has 0 aromatic heterocycles. The summed E-state index contributed by atoms with van der Waals surface area (Å²) in [6.07, 6.45) is 18.8. The van der Waals surface area contributed by atoms with Crippen molar-refractivity contribution in [2.24, 2.45) is 0 Å². The Balaban J connectivity index is 2.91. The molecule has 0 nitrogen and oxygen atoms in total. The zero-order valence-electron chi connectivity index (χ0n) is 13.3. The van der Waals surface area contributed by atoms with Crippen LogP contribution in [0, 0.1) is 6.92 Å². The molecule has 1 heteroatoms. The Morgan fingerprint density at radius 1 is 0.632 bits per heavy atom. The molecule has 0 amide bonds. The maximum Gasteiger partial charge on any atom is 0.0973 e. The molecule has 0 aliphatic heterocycles. The van der Waals surface area contributed by atoms with E-state index in [0.717, 1.165) is 19.3 Å². The molecule has 0 fully saturated rings. The fourth-order valence-corrected chi connectivity index (χ4v) is 2.55. The van der Waals surface area contributed by atoms with E-state index in [1.165, 1.54) is 77.0 Å². The van der Waals surface area contributed by atoms with E-state index in [2.05, 4.69) is 6.92 Å². The Morgan fingerprint density at radius 3 is 1.26 bits per heavy atom. The van der Waals surface area contributed by atoms with Gasteiger partial charge in [0.15, 0.2) is 0 Å². The highest BCUT2D eigenvalue weighted by Crippen LogP contribution is 2.13. The summed E-state index contributed by atoms with van der Waals surface area (Å²) in [5, 5.41) is 0. The lowest BCUT2D eigenvalue weighted by molar-refractivity contribution is 0.329. The summed E-state index contributed by atoms with van der Waals surface area (Å²) in [4.78, 5) is 0. The van der Waals surface area contributed by atoms with Crippen LogP contribution in [0.4, 0.5) is 4.39 Å². The molecule has 0 aliphatic rings. The maximum absolute atomic E-state index is 12.5. The molecular weight excluding hydrogens is 235 g/mol. The van der Waals surface area contributed by atoms with Crippen LogP contribution in [0.3, 0.4) is 0 Å². The van der Waals surface area contributed by atoms with Gasteiger partial charge in [-0.25, -0.2) is 4.39 Å². The molecule has 1 unspecified atom stereocenters. The zero-order chi connectivity index (χ0) is 14.2. The molecule has 0 saturated carbocycles. The molecule has 0 rings (SSSR count). The fourth-order valence-electron chi connectivity index (χ4n) is 2.55. The Bertz CT molecular complexity index is 154. The van der Waals surface area contributed by atoms with Gasteiger partial charge in [0.1, 0.15) is 0 Å². The summed E-state index contributed by atoms with van der Waals surface area (Å²) in [6, 6.07) is 0. The molecule has 0 bridgehead atoms. The summed E-state index contributed by atoms with van der Waals surface area (Å²) >= 11 is 0. The van der Waals surface area contributed by atoms with Gasteiger partial charge in [0, 0.05) is 0 Å². The lowest BCUT2D eigenvalue weighted by Crippen LogP contribution is -1.91. The number of rotatable bonds is 15. The lowest BCUT2D eigenvalue weighted by atomic mass is 10.0. The van der Waals surface area contributed by atoms with Gasteiger partial charge in [-0.3, -0.25) is 0 Å². The Morgan fingerprint density at radius 2 is 0.947 bits per heavy atom. The van der Waals surface area contributed by atoms with Gasteiger partial charge in [0.05, 0.1) is 6.17 Å². The van der Waals surface area contributed by atoms with Crippen LogP contribution >= 0.6 is 0 Å². The highest BCUT2D eigenvalue weighted by Gasteiger charge is 1.97. The largest absolute Gasteiger partial charge is 0.248 e. The van der Waals surface area contributed by atoms with Gasteiger partial charge in [0.2, 0.25) is 0 Å². The van der Waals surface area contributed by atoms with E-state index in [1.807, 2.05) is 0 Å². The third-order valence-electron chi connectivity index (χ3n) is 3.85. The smallest absolute Gasteiger partial charge is 0.0973 e. The first-order chi connectivity index (χ1) is 9.27. The van der Waals surface area contributed by atoms with Crippen molar-refractivity contribution >= 4 is 0 Å². The summed E-state index contributed by atoms with van der Waals surface area (Å²) in [6.45, 7) is 5.54. The van der Waals surface area contributed by atoms with Crippen LogP contribution in [0.2, 0.25) is 0 Å². The number of hydrogen-bond donors (Lipinski definition) is 0. The van der Waals surface area contributed by atoms with Gasteiger partial charge in [-0.1, -0.05) is 96.8 Å². The van der Waals surface area contributed by atoms with Gasteiger partial charge in [-0.15, -0.1) is 0 Å². The molecule has 0 spiro atoms. The van der Waals surface area contributed by atoms with Gasteiger partial charge >= 0.3 is 0 Å². The van der Waals surface area contributed by atoms with E-state index in [1.54, 1.807) is 6.92 Å². The fraction of sp³-hybridized carbons (Fsp3) is 0.944. The van der Waals surface area contributed by atoms with Crippen molar-refractivity contribution in [2.75, 3.05) is 0 Å². The zero-order valence-corrected chi connectivity index (χ0v) is 13.3. The van der Waals surface area contributed by atoms with Crippen molar-refractivity contribution in [2.45, 2.75) is 109 Å². The van der Waals surface area contributed by atoms with E-state index in [-0.39, 0.29) is 0 Å². The number of halogens is 1. The molecule has 0 heterocycles. The molecule has 19 heavy (non-hydrogen) atoms. The number of hydrogen-bond acceptors (Lipinski definition) is 0. The van der Waals surface area contributed by atoms with Crippen molar-refractivity contribution < 1.29 is 4.39 Å². The van der Waals surface area contributed by atoms with Crippen LogP contribution in [0.25, 0.3) is 0 Å². The maximum atomic E-state index is 12.5. The van der Waals surface area contributed by atoms with Gasteiger partial charge in [-0.2, -0.15) is 0 Å². The second-order valence-corrected chi connectivity index (χ2v) is 6.02. The predicted molar refractivity (Wildman–Crippen MR) is 85.2 cm³/mol. The first-order valence-corrected chi connectivity index (χ1v) is 8.70. The first kappa shape index (κ1) is 18.9. The summed E-state index contributed by atoms with van der Waals surface area (Å²) in [5.74, 6) is 0. The molecule has 0 aromatic rings. The SMILES string of the molecule is [CH2]CCCCCCCCCCCCCCCC(C)F. The molecular formula is C18H36F. The van der Waals surface area contributed by atoms with E-state index in [9.17, 15) is 4.39 Å². The van der Waals surface area contributed by atoms with E-state index < -0.39 is 6.17 Å². The highest BCUT2D eigenvalue weighted by molar-refractivity contribution is 4.51. The summed E-state index contributed by atoms with van der Waals surface area (Å²) in [5.41, 5.74) is 0. The molecule has 1 radical (unpaired) electrons. The average Bonchev–Trinajstić information content (AvgIpc) is 2.39. The van der Waals surface area contributed by atoms with Crippen LogP contribution in [0.1, 0.15) is 103 Å². The number of alkyl halides is 1. The minimum absolute atomic E-state index is 0.603. The van der Waals surface area contributed by atoms with Crippen LogP contribution < -0.4 is 0 Å². The van der Waals surface area contributed by atoms with E-state index in [0.29, 0.717) is 0 Å². The predicted octanol–water partition coefficient (Wildman–Crippen LogP) is 7.03. The molecule has 1 atom stereocenters. The Kier molecular flexibility index (Phi) is 15.9. The first-order valence-electron chi connectivity index (χ1n) is 8.70. The van der Waals surface area contributed by atoms with Crippen LogP contribution in [0.15, 0.2) is 0 Å². The van der Waals surface area contributed by atoms with Crippen molar-refractivity contribution in [1.82, 2.24) is 0 Å². The van der Waals surface area contributed by atoms with Gasteiger partial charge in [0.25, 0.3) is 0 Å². The number of unbranched alkanes of at least 4 members (excludes halogenated alkanes) is 13. The molecule has 0 aromatic carbocycles. The monoisotopic (exact) mass is 271 g/mol. The quantitative estimate of drug-likeness (QED) is 0.280. The molecule has 0 aliphatic carbocycles. The summed E-state index contributed by atoms with van der Waals surface area (Å²) in [7, 11) is 0. The van der Waals surface area contributed by atoms with Crippen LogP contribution in [0.5, 0.6) is 0 Å². The van der Waals surface area contributed by atoms with Crippen molar-refractivity contribution in [3.63, 3.8) is 0 Å². The third kappa shape index (κ3) is 17.9. The molecule has 115 valence electrons. The Labute approximate surface area is 121 Å². The minimum Gasteiger partial charge on any atom is -0.248 e. The van der Waals surface area contributed by atoms with E-state index in [4.69, 9.17) is 0 Å². The second-order valence-electron chi connectivity index (χ2n) is 6.02. The van der Waals surface area contributed by atoms with Crippen LogP contribution in [-0.4, -0.2) is 6.17 Å². The lowest BCUT2D eigenvalue weighted by Gasteiger charge is -2.03. The van der Waals surface area contributed by atoms with E-state index >= 15 is 0 Å². The average molecular weight is 271 g/mol. The third-order valence-corrected chi connectivity index (χ3v) is 3.85. The van der Waals surface area contributed by atoms with Crippen molar-refractivity contribution in [1.29, 1.82) is 0 Å². The van der Waals surface area contributed by atoms with Gasteiger partial charge < -0.3 is 0 Å². The standard InChI is InChI=1S/C18H36F/c1-3-4-5-6-7-8-9-10-11-12-13-14-15-16-17-18(2)19/h18H,1,3-17H2,2H3.